The third-order valence-electron chi connectivity index (χ3n) is 4.46. The quantitative estimate of drug-likeness (QED) is 0.813. The van der Waals surface area contributed by atoms with Crippen molar-refractivity contribution < 1.29 is 17.3 Å². The van der Waals surface area contributed by atoms with Crippen molar-refractivity contribution in [2.45, 2.75) is 25.2 Å². The third-order valence-corrected chi connectivity index (χ3v) is 6.61. The van der Waals surface area contributed by atoms with E-state index in [1.165, 1.54) is 10.4 Å². The van der Waals surface area contributed by atoms with Gasteiger partial charge in [-0.25, -0.2) is 12.8 Å². The highest BCUT2D eigenvalue weighted by molar-refractivity contribution is 7.89. The second-order valence-corrected chi connectivity index (χ2v) is 8.02. The largest absolute Gasteiger partial charge is 0.369 e. The van der Waals surface area contributed by atoms with E-state index in [4.69, 9.17) is 4.52 Å². The maximum atomic E-state index is 13.9. The number of sulfonamides is 1. The van der Waals surface area contributed by atoms with Gasteiger partial charge in [0.15, 0.2) is 5.76 Å². The molecule has 0 saturated carbocycles. The Kier molecular flexibility index (Phi) is 4.98. The van der Waals surface area contributed by atoms with Gasteiger partial charge in [0.05, 0.1) is 5.69 Å². The van der Waals surface area contributed by atoms with Crippen LogP contribution in [0.15, 0.2) is 27.6 Å². The van der Waals surface area contributed by atoms with Crippen LogP contribution >= 0.6 is 0 Å². The number of aromatic nitrogens is 1. The predicted molar refractivity (Wildman–Crippen MR) is 92.7 cm³/mol. The van der Waals surface area contributed by atoms with Gasteiger partial charge in [0.1, 0.15) is 28.0 Å². The van der Waals surface area contributed by atoms with Gasteiger partial charge in [-0.15, -0.1) is 0 Å². The van der Waals surface area contributed by atoms with Gasteiger partial charge in [0.25, 0.3) is 0 Å². The molecule has 2 heterocycles. The minimum Gasteiger partial charge on any atom is -0.369 e. The first-order valence-electron chi connectivity index (χ1n) is 8.23. The molecule has 0 N–H and O–H groups in total. The fourth-order valence-electron chi connectivity index (χ4n) is 3.23. The zero-order valence-corrected chi connectivity index (χ0v) is 15.4. The van der Waals surface area contributed by atoms with Crippen LogP contribution in [-0.4, -0.2) is 44.1 Å². The highest BCUT2D eigenvalue weighted by Crippen LogP contribution is 2.27. The molecule has 0 spiro atoms. The SMILES string of the molecule is Cc1noc(C)c1S(=O)(=O)N1CCCN(c2cccc(F)c2C#N)CC1. The van der Waals surface area contributed by atoms with Crippen molar-refractivity contribution >= 4 is 15.7 Å². The van der Waals surface area contributed by atoms with E-state index < -0.39 is 15.8 Å². The van der Waals surface area contributed by atoms with Crippen molar-refractivity contribution in [3.05, 3.63) is 41.0 Å². The van der Waals surface area contributed by atoms with Crippen molar-refractivity contribution in [2.75, 3.05) is 31.1 Å². The van der Waals surface area contributed by atoms with E-state index >= 15 is 0 Å². The summed E-state index contributed by atoms with van der Waals surface area (Å²) in [5, 5.41) is 13.0. The van der Waals surface area contributed by atoms with Gasteiger partial charge in [-0.1, -0.05) is 11.2 Å². The number of aryl methyl sites for hydroxylation is 2. The highest BCUT2D eigenvalue weighted by atomic mass is 32.2. The summed E-state index contributed by atoms with van der Waals surface area (Å²) in [4.78, 5) is 1.96. The van der Waals surface area contributed by atoms with Crippen LogP contribution in [0.3, 0.4) is 0 Å². The molecule has 1 aliphatic rings. The molecule has 7 nitrogen and oxygen atoms in total. The lowest BCUT2D eigenvalue weighted by Crippen LogP contribution is -2.35. The van der Waals surface area contributed by atoms with Crippen LogP contribution in [0.5, 0.6) is 0 Å². The van der Waals surface area contributed by atoms with Crippen LogP contribution in [0.25, 0.3) is 0 Å². The van der Waals surface area contributed by atoms with Crippen LogP contribution in [-0.2, 0) is 10.0 Å². The summed E-state index contributed by atoms with van der Waals surface area (Å²) in [6, 6.07) is 6.37. The molecule has 1 aromatic heterocycles. The van der Waals surface area contributed by atoms with Crippen molar-refractivity contribution in [3.8, 4) is 6.07 Å². The molecule has 1 saturated heterocycles. The topological polar surface area (TPSA) is 90.4 Å². The molecule has 1 aromatic carbocycles. The van der Waals surface area contributed by atoms with Crippen molar-refractivity contribution in [3.63, 3.8) is 0 Å². The van der Waals surface area contributed by atoms with E-state index in [0.717, 1.165) is 0 Å². The Bertz CT molecular complexity index is 945. The lowest BCUT2D eigenvalue weighted by atomic mass is 10.1. The molecule has 1 fully saturated rings. The monoisotopic (exact) mass is 378 g/mol. The second-order valence-electron chi connectivity index (χ2n) is 6.14. The molecule has 0 atom stereocenters. The Morgan fingerprint density at radius 1 is 1.23 bits per heavy atom. The van der Waals surface area contributed by atoms with Gasteiger partial charge >= 0.3 is 0 Å². The number of anilines is 1. The van der Waals surface area contributed by atoms with Gasteiger partial charge in [-0.05, 0) is 32.4 Å². The summed E-state index contributed by atoms with van der Waals surface area (Å²) in [5.41, 5.74) is 0.805. The molecule has 138 valence electrons. The number of benzene rings is 1. The summed E-state index contributed by atoms with van der Waals surface area (Å²) in [6.07, 6.45) is 0.560. The average molecular weight is 378 g/mol. The van der Waals surface area contributed by atoms with Crippen molar-refractivity contribution in [1.29, 1.82) is 5.26 Å². The molecule has 1 aliphatic heterocycles. The number of hydrogen-bond acceptors (Lipinski definition) is 6. The minimum absolute atomic E-state index is 0.0190. The van der Waals surface area contributed by atoms with E-state index in [9.17, 15) is 18.1 Å². The lowest BCUT2D eigenvalue weighted by molar-refractivity contribution is 0.389. The van der Waals surface area contributed by atoms with Crippen molar-refractivity contribution in [1.82, 2.24) is 9.46 Å². The molecule has 0 amide bonds. The number of halogens is 1. The molecular formula is C17H19FN4O3S. The van der Waals surface area contributed by atoms with Gasteiger partial charge in [0, 0.05) is 26.2 Å². The Morgan fingerprint density at radius 3 is 2.65 bits per heavy atom. The van der Waals surface area contributed by atoms with E-state index in [1.54, 1.807) is 26.0 Å². The maximum Gasteiger partial charge on any atom is 0.248 e. The van der Waals surface area contributed by atoms with Gasteiger partial charge in [-0.2, -0.15) is 9.57 Å². The van der Waals surface area contributed by atoms with E-state index in [1.807, 2.05) is 11.0 Å². The summed E-state index contributed by atoms with van der Waals surface area (Å²) < 4.78 is 46.2. The van der Waals surface area contributed by atoms with E-state index in [2.05, 4.69) is 5.16 Å². The zero-order chi connectivity index (χ0) is 18.9. The molecule has 2 aromatic rings. The summed E-state index contributed by atoms with van der Waals surface area (Å²) >= 11 is 0. The highest BCUT2D eigenvalue weighted by Gasteiger charge is 2.32. The maximum absolute atomic E-state index is 13.9. The smallest absolute Gasteiger partial charge is 0.248 e. The summed E-state index contributed by atoms with van der Waals surface area (Å²) in [6.45, 7) is 4.63. The second kappa shape index (κ2) is 7.05. The first-order valence-corrected chi connectivity index (χ1v) is 9.67. The Morgan fingerprint density at radius 2 is 2.00 bits per heavy atom. The fraction of sp³-hybridized carbons (Fsp3) is 0.412. The normalized spacial score (nSPS) is 16.3. The number of rotatable bonds is 3. The van der Waals surface area contributed by atoms with Gasteiger partial charge < -0.3 is 9.42 Å². The first kappa shape index (κ1) is 18.4. The predicted octanol–water partition coefficient (Wildman–Crippen LogP) is 2.20. The molecule has 9 heteroatoms. The molecule has 26 heavy (non-hydrogen) atoms. The van der Waals surface area contributed by atoms with Crippen LogP contribution in [0, 0.1) is 31.0 Å². The number of hydrogen-bond donors (Lipinski definition) is 0. The van der Waals surface area contributed by atoms with Gasteiger partial charge in [0.2, 0.25) is 10.0 Å². The molecule has 3 rings (SSSR count). The number of nitriles is 1. The third kappa shape index (κ3) is 3.18. The van der Waals surface area contributed by atoms with Gasteiger partial charge in [-0.3, -0.25) is 0 Å². The average Bonchev–Trinajstić information content (AvgIpc) is 2.81. The fourth-order valence-corrected chi connectivity index (χ4v) is 4.99. The molecule has 0 aliphatic carbocycles. The zero-order valence-electron chi connectivity index (χ0n) is 14.6. The first-order chi connectivity index (χ1) is 12.4. The van der Waals surface area contributed by atoms with Crippen LogP contribution in [0.1, 0.15) is 23.4 Å². The molecule has 0 bridgehead atoms. The Balaban J connectivity index is 1.86. The van der Waals surface area contributed by atoms with Crippen molar-refractivity contribution in [2.24, 2.45) is 0 Å². The molecular weight excluding hydrogens is 359 g/mol. The van der Waals surface area contributed by atoms with Crippen LogP contribution < -0.4 is 4.90 Å². The Hall–Kier alpha value is -2.44. The standard InChI is InChI=1S/C17H19FN4O3S/c1-12-17(13(2)25-20-12)26(23,24)22-8-4-7-21(9-10-22)16-6-3-5-15(18)14(16)11-19/h3,5-6H,4,7-10H2,1-2H3. The summed E-state index contributed by atoms with van der Waals surface area (Å²) in [7, 11) is -3.72. The van der Waals surface area contributed by atoms with Crippen LogP contribution in [0.4, 0.5) is 10.1 Å². The van der Waals surface area contributed by atoms with Crippen LogP contribution in [0.2, 0.25) is 0 Å². The lowest BCUT2D eigenvalue weighted by Gasteiger charge is -2.24. The van der Waals surface area contributed by atoms with E-state index in [-0.39, 0.29) is 22.8 Å². The summed E-state index contributed by atoms with van der Waals surface area (Å²) in [5.74, 6) is -0.310. The Labute approximate surface area is 151 Å². The molecule has 0 unspecified atom stereocenters. The molecule has 0 radical (unpaired) electrons. The number of nitrogens with zero attached hydrogens (tertiary/aromatic N) is 4. The minimum atomic E-state index is -3.72. The van der Waals surface area contributed by atoms with E-state index in [0.29, 0.717) is 37.4 Å².